The van der Waals surface area contributed by atoms with Crippen molar-refractivity contribution in [3.8, 4) is 0 Å². The average molecular weight is 242 g/mol. The number of fused-ring (bicyclic) bond motifs is 3. The summed E-state index contributed by atoms with van der Waals surface area (Å²) in [4.78, 5) is 5.86. The minimum atomic E-state index is 0.720. The van der Waals surface area contributed by atoms with E-state index in [9.17, 15) is 0 Å². The summed E-state index contributed by atoms with van der Waals surface area (Å²) in [6, 6.07) is 7.49. The number of nitrogens with one attached hydrogen (secondary N) is 1. The van der Waals surface area contributed by atoms with Gasteiger partial charge < -0.3 is 9.88 Å². The van der Waals surface area contributed by atoms with E-state index in [1.165, 1.54) is 43.1 Å². The molecule has 0 fully saturated rings. The first-order chi connectivity index (χ1) is 8.79. The molecule has 1 N–H and O–H groups in total. The molecule has 2 aromatic rings. The monoisotopic (exact) mass is 242 g/mol. The quantitative estimate of drug-likeness (QED) is 0.874. The Morgan fingerprint density at radius 2 is 2.22 bits per heavy atom. The van der Waals surface area contributed by atoms with Crippen LogP contribution in [0.25, 0.3) is 10.9 Å². The molecule has 1 heterocycles. The van der Waals surface area contributed by atoms with Crippen molar-refractivity contribution < 1.29 is 0 Å². The number of nitrogens with zero attached hydrogens (tertiary/aromatic N) is 1. The van der Waals surface area contributed by atoms with Gasteiger partial charge in [-0.15, -0.1) is 0 Å². The fourth-order valence-corrected chi connectivity index (χ4v) is 3.29. The van der Waals surface area contributed by atoms with Crippen LogP contribution in [0.15, 0.2) is 24.4 Å². The van der Waals surface area contributed by atoms with E-state index in [0.29, 0.717) is 0 Å². The van der Waals surface area contributed by atoms with E-state index < -0.39 is 0 Å². The number of aryl methyl sites for hydroxylation is 1. The van der Waals surface area contributed by atoms with Gasteiger partial charge in [0, 0.05) is 23.1 Å². The minimum Gasteiger partial charge on any atom is -0.361 e. The van der Waals surface area contributed by atoms with Gasteiger partial charge >= 0.3 is 0 Å². The third-order valence-electron chi connectivity index (χ3n) is 4.33. The second kappa shape index (κ2) is 4.77. The molecule has 0 spiro atoms. The third-order valence-corrected chi connectivity index (χ3v) is 4.33. The molecule has 1 aromatic carbocycles. The second-order valence-electron chi connectivity index (χ2n) is 5.52. The van der Waals surface area contributed by atoms with Crippen LogP contribution in [0.2, 0.25) is 0 Å². The number of rotatable bonds is 3. The molecule has 0 radical (unpaired) electrons. The Labute approximate surface area is 109 Å². The van der Waals surface area contributed by atoms with Gasteiger partial charge in [-0.2, -0.15) is 0 Å². The maximum absolute atomic E-state index is 3.33. The summed E-state index contributed by atoms with van der Waals surface area (Å²) < 4.78 is 0. The zero-order valence-corrected chi connectivity index (χ0v) is 11.4. The molecule has 1 aliphatic carbocycles. The summed E-state index contributed by atoms with van der Waals surface area (Å²) in [6.07, 6.45) is 7.05. The van der Waals surface area contributed by atoms with E-state index in [1.807, 2.05) is 0 Å². The Morgan fingerprint density at radius 1 is 1.33 bits per heavy atom. The number of hydrogen-bond acceptors (Lipinski definition) is 1. The van der Waals surface area contributed by atoms with Crippen LogP contribution in [0.4, 0.5) is 0 Å². The van der Waals surface area contributed by atoms with E-state index >= 15 is 0 Å². The number of hydrogen-bond donors (Lipinski definition) is 1. The largest absolute Gasteiger partial charge is 0.361 e. The van der Waals surface area contributed by atoms with Crippen LogP contribution >= 0.6 is 0 Å². The SMILES string of the molecule is CCCN(C)C1CCc2ccc3[nH]ccc3c2C1. The molecule has 96 valence electrons. The Kier molecular flexibility index (Phi) is 3.13. The standard InChI is InChI=1S/C16H22N2/c1-3-10-18(2)13-6-4-12-5-7-16-14(8-9-17-16)15(12)11-13/h5,7-9,13,17H,3-4,6,10-11H2,1-2H3. The molecule has 1 atom stereocenters. The minimum absolute atomic E-state index is 0.720. The van der Waals surface area contributed by atoms with E-state index in [0.717, 1.165) is 6.04 Å². The van der Waals surface area contributed by atoms with Crippen LogP contribution in [0.5, 0.6) is 0 Å². The van der Waals surface area contributed by atoms with Gasteiger partial charge in [-0.3, -0.25) is 0 Å². The van der Waals surface area contributed by atoms with Gasteiger partial charge in [-0.25, -0.2) is 0 Å². The zero-order chi connectivity index (χ0) is 12.5. The molecule has 3 rings (SSSR count). The summed E-state index contributed by atoms with van der Waals surface area (Å²) in [6.45, 7) is 3.47. The van der Waals surface area contributed by atoms with Crippen LogP contribution in [-0.2, 0) is 12.8 Å². The Hall–Kier alpha value is -1.28. The molecule has 0 aliphatic heterocycles. The highest BCUT2D eigenvalue weighted by molar-refractivity contribution is 5.84. The number of aromatic amines is 1. The summed E-state index contributed by atoms with van der Waals surface area (Å²) in [7, 11) is 2.27. The fraction of sp³-hybridized carbons (Fsp3) is 0.500. The molecular weight excluding hydrogens is 220 g/mol. The lowest BCUT2D eigenvalue weighted by Crippen LogP contribution is -2.36. The maximum atomic E-state index is 3.33. The zero-order valence-electron chi connectivity index (χ0n) is 11.4. The fourth-order valence-electron chi connectivity index (χ4n) is 3.29. The van der Waals surface area contributed by atoms with Crippen molar-refractivity contribution >= 4 is 10.9 Å². The van der Waals surface area contributed by atoms with Crippen molar-refractivity contribution in [3.05, 3.63) is 35.5 Å². The Balaban J connectivity index is 1.92. The molecule has 0 amide bonds. The van der Waals surface area contributed by atoms with Gasteiger partial charge in [0.2, 0.25) is 0 Å². The number of H-pyrrole nitrogens is 1. The Morgan fingerprint density at radius 3 is 3.06 bits per heavy atom. The number of aromatic nitrogens is 1. The molecule has 0 bridgehead atoms. The molecule has 1 aliphatic rings. The van der Waals surface area contributed by atoms with Crippen molar-refractivity contribution in [2.24, 2.45) is 0 Å². The topological polar surface area (TPSA) is 19.0 Å². The van der Waals surface area contributed by atoms with Crippen molar-refractivity contribution in [2.75, 3.05) is 13.6 Å². The van der Waals surface area contributed by atoms with Crippen LogP contribution in [0, 0.1) is 0 Å². The first-order valence-electron chi connectivity index (χ1n) is 7.07. The number of likely N-dealkylation sites (N-methyl/N-ethyl adjacent to an activating group) is 1. The van der Waals surface area contributed by atoms with E-state index in [4.69, 9.17) is 0 Å². The van der Waals surface area contributed by atoms with Crippen LogP contribution in [0.3, 0.4) is 0 Å². The van der Waals surface area contributed by atoms with Crippen LogP contribution in [0.1, 0.15) is 30.9 Å². The van der Waals surface area contributed by atoms with Crippen LogP contribution in [-0.4, -0.2) is 29.5 Å². The maximum Gasteiger partial charge on any atom is 0.0456 e. The summed E-state index contributed by atoms with van der Waals surface area (Å²) in [5.74, 6) is 0. The van der Waals surface area contributed by atoms with Gasteiger partial charge in [0.1, 0.15) is 0 Å². The van der Waals surface area contributed by atoms with Crippen molar-refractivity contribution in [1.82, 2.24) is 9.88 Å². The van der Waals surface area contributed by atoms with E-state index in [1.54, 1.807) is 11.1 Å². The van der Waals surface area contributed by atoms with Gasteiger partial charge in [-0.05, 0) is 62.5 Å². The summed E-state index contributed by atoms with van der Waals surface area (Å²) in [5.41, 5.74) is 4.42. The first-order valence-corrected chi connectivity index (χ1v) is 7.07. The van der Waals surface area contributed by atoms with Crippen LogP contribution < -0.4 is 0 Å². The molecule has 2 nitrogen and oxygen atoms in total. The Bertz CT molecular complexity index is 541. The van der Waals surface area contributed by atoms with Gasteiger partial charge in [-0.1, -0.05) is 13.0 Å². The lowest BCUT2D eigenvalue weighted by molar-refractivity contribution is 0.223. The molecule has 2 heteroatoms. The molecule has 18 heavy (non-hydrogen) atoms. The lowest BCUT2D eigenvalue weighted by atomic mass is 9.85. The average Bonchev–Trinajstić information content (AvgIpc) is 2.87. The molecule has 0 saturated heterocycles. The van der Waals surface area contributed by atoms with E-state index in [2.05, 4.69) is 48.3 Å². The molecular formula is C16H22N2. The second-order valence-corrected chi connectivity index (χ2v) is 5.52. The number of benzene rings is 1. The van der Waals surface area contributed by atoms with Crippen molar-refractivity contribution in [2.45, 2.75) is 38.6 Å². The van der Waals surface area contributed by atoms with Gasteiger partial charge in [0.05, 0.1) is 0 Å². The summed E-state index contributed by atoms with van der Waals surface area (Å²) >= 11 is 0. The highest BCUT2D eigenvalue weighted by atomic mass is 15.1. The third kappa shape index (κ3) is 1.95. The van der Waals surface area contributed by atoms with Crippen molar-refractivity contribution in [3.63, 3.8) is 0 Å². The first kappa shape index (κ1) is 11.8. The lowest BCUT2D eigenvalue weighted by Gasteiger charge is -2.32. The van der Waals surface area contributed by atoms with E-state index in [-0.39, 0.29) is 0 Å². The van der Waals surface area contributed by atoms with Gasteiger partial charge in [0.15, 0.2) is 0 Å². The highest BCUT2D eigenvalue weighted by Crippen LogP contribution is 2.30. The molecule has 1 aromatic heterocycles. The van der Waals surface area contributed by atoms with Gasteiger partial charge in [0.25, 0.3) is 0 Å². The highest BCUT2D eigenvalue weighted by Gasteiger charge is 2.23. The smallest absolute Gasteiger partial charge is 0.0456 e. The normalized spacial score (nSPS) is 19.4. The molecule has 0 saturated carbocycles. The predicted octanol–water partition coefficient (Wildman–Crippen LogP) is 3.37. The van der Waals surface area contributed by atoms with Crippen molar-refractivity contribution in [1.29, 1.82) is 0 Å². The predicted molar refractivity (Wildman–Crippen MR) is 77.0 cm³/mol. The molecule has 1 unspecified atom stereocenters. The summed E-state index contributed by atoms with van der Waals surface area (Å²) in [5, 5.41) is 1.43.